The molecule has 1 aliphatic rings. The summed E-state index contributed by atoms with van der Waals surface area (Å²) in [5.41, 5.74) is 2.63. The highest BCUT2D eigenvalue weighted by Crippen LogP contribution is 2.43. The van der Waals surface area contributed by atoms with Gasteiger partial charge < -0.3 is 10.6 Å². The Morgan fingerprint density at radius 3 is 2.53 bits per heavy atom. The van der Waals surface area contributed by atoms with Crippen LogP contribution in [0.2, 0.25) is 0 Å². The van der Waals surface area contributed by atoms with Crippen molar-refractivity contribution in [1.82, 2.24) is 15.1 Å². The van der Waals surface area contributed by atoms with Gasteiger partial charge >= 0.3 is 6.18 Å². The summed E-state index contributed by atoms with van der Waals surface area (Å²) < 4.78 is 42.2. The second-order valence-electron chi connectivity index (χ2n) is 7.43. The van der Waals surface area contributed by atoms with Crippen LogP contribution in [0.3, 0.4) is 0 Å². The molecule has 3 aromatic rings. The van der Waals surface area contributed by atoms with E-state index in [0.29, 0.717) is 0 Å². The van der Waals surface area contributed by atoms with Crippen molar-refractivity contribution in [3.63, 3.8) is 0 Å². The molecule has 5 nitrogen and oxygen atoms in total. The Labute approximate surface area is 171 Å². The summed E-state index contributed by atoms with van der Waals surface area (Å²) in [6.45, 7) is 2.19. The van der Waals surface area contributed by atoms with Crippen molar-refractivity contribution in [3.8, 4) is 0 Å². The number of nitrogens with zero attached hydrogens (tertiary/aromatic N) is 2. The number of carbonyl (C=O) groups excluding carboxylic acids is 1. The zero-order chi connectivity index (χ0) is 21.3. The SMILES string of the molecule is Cc1ccc([C@@H]2C[C@H](C(F)(F)F)n3nc(C(=O)NCc4ccccc4)cc3N2)cc1. The van der Waals surface area contributed by atoms with Crippen LogP contribution < -0.4 is 10.6 Å². The van der Waals surface area contributed by atoms with E-state index in [4.69, 9.17) is 0 Å². The van der Waals surface area contributed by atoms with Gasteiger partial charge in [0.15, 0.2) is 11.7 Å². The standard InChI is InChI=1S/C22H21F3N4O/c1-14-7-9-16(10-8-14)17-11-19(22(23,24)25)29-20(27-17)12-18(28-29)21(30)26-13-15-5-3-2-4-6-15/h2-10,12,17,19,27H,11,13H2,1H3,(H,26,30)/t17-,19+/m0/s1. The molecule has 2 N–H and O–H groups in total. The highest BCUT2D eigenvalue weighted by Gasteiger charge is 2.46. The summed E-state index contributed by atoms with van der Waals surface area (Å²) in [5, 5.41) is 9.78. The van der Waals surface area contributed by atoms with Crippen LogP contribution in [-0.4, -0.2) is 21.9 Å². The summed E-state index contributed by atoms with van der Waals surface area (Å²) >= 11 is 0. The number of anilines is 1. The van der Waals surface area contributed by atoms with Crippen LogP contribution in [0.15, 0.2) is 60.7 Å². The number of amides is 1. The largest absolute Gasteiger partial charge is 0.410 e. The van der Waals surface area contributed by atoms with E-state index in [-0.39, 0.29) is 24.5 Å². The molecular weight excluding hydrogens is 393 g/mol. The van der Waals surface area contributed by atoms with Crippen molar-refractivity contribution in [2.75, 3.05) is 5.32 Å². The van der Waals surface area contributed by atoms with Crippen LogP contribution in [0.25, 0.3) is 0 Å². The molecule has 1 aliphatic heterocycles. The lowest BCUT2D eigenvalue weighted by Crippen LogP contribution is -2.35. The fourth-order valence-electron chi connectivity index (χ4n) is 3.57. The van der Waals surface area contributed by atoms with Gasteiger partial charge in [-0.15, -0.1) is 0 Å². The Morgan fingerprint density at radius 1 is 1.17 bits per heavy atom. The fourth-order valence-corrected chi connectivity index (χ4v) is 3.57. The number of halogens is 3. The van der Waals surface area contributed by atoms with Gasteiger partial charge in [0.25, 0.3) is 5.91 Å². The first-order valence-electron chi connectivity index (χ1n) is 9.63. The summed E-state index contributed by atoms with van der Waals surface area (Å²) in [6.07, 6.45) is -4.68. The maximum atomic E-state index is 13.8. The van der Waals surface area contributed by atoms with Crippen molar-refractivity contribution in [3.05, 3.63) is 83.0 Å². The van der Waals surface area contributed by atoms with E-state index in [9.17, 15) is 18.0 Å². The van der Waals surface area contributed by atoms with Crippen molar-refractivity contribution >= 4 is 11.7 Å². The number of nitrogens with one attached hydrogen (secondary N) is 2. The molecule has 1 aromatic heterocycles. The average Bonchev–Trinajstić information content (AvgIpc) is 3.16. The third-order valence-corrected chi connectivity index (χ3v) is 5.20. The van der Waals surface area contributed by atoms with Gasteiger partial charge in [0.05, 0.1) is 6.04 Å². The topological polar surface area (TPSA) is 59.0 Å². The van der Waals surface area contributed by atoms with E-state index in [1.807, 2.05) is 61.5 Å². The van der Waals surface area contributed by atoms with Crippen molar-refractivity contribution in [2.45, 2.75) is 38.1 Å². The van der Waals surface area contributed by atoms with Gasteiger partial charge in [-0.1, -0.05) is 60.2 Å². The number of alkyl halides is 3. The third-order valence-electron chi connectivity index (χ3n) is 5.20. The van der Waals surface area contributed by atoms with Crippen LogP contribution in [0.5, 0.6) is 0 Å². The van der Waals surface area contributed by atoms with E-state index in [1.54, 1.807) is 0 Å². The molecule has 2 atom stereocenters. The average molecular weight is 414 g/mol. The lowest BCUT2D eigenvalue weighted by Gasteiger charge is -2.33. The fraction of sp³-hybridized carbons (Fsp3) is 0.273. The van der Waals surface area contributed by atoms with Crippen molar-refractivity contribution in [2.24, 2.45) is 0 Å². The Kier molecular flexibility index (Phi) is 5.24. The molecule has 30 heavy (non-hydrogen) atoms. The van der Waals surface area contributed by atoms with E-state index >= 15 is 0 Å². The maximum absolute atomic E-state index is 13.8. The first-order valence-corrected chi connectivity index (χ1v) is 9.63. The first kappa shape index (κ1) is 20.0. The zero-order valence-electron chi connectivity index (χ0n) is 16.3. The molecule has 2 heterocycles. The number of rotatable bonds is 4. The Bertz CT molecular complexity index is 1030. The molecule has 1 amide bonds. The number of benzene rings is 2. The monoisotopic (exact) mass is 414 g/mol. The van der Waals surface area contributed by atoms with Crippen molar-refractivity contribution < 1.29 is 18.0 Å². The predicted octanol–water partition coefficient (Wildman–Crippen LogP) is 4.78. The Balaban J connectivity index is 1.58. The van der Waals surface area contributed by atoms with Gasteiger partial charge in [-0.25, -0.2) is 4.68 Å². The molecule has 0 bridgehead atoms. The van der Waals surface area contributed by atoms with Crippen LogP contribution in [0.4, 0.5) is 19.0 Å². The highest BCUT2D eigenvalue weighted by atomic mass is 19.4. The van der Waals surface area contributed by atoms with Gasteiger partial charge in [0, 0.05) is 19.0 Å². The molecule has 0 saturated carbocycles. The number of fused-ring (bicyclic) bond motifs is 1. The highest BCUT2D eigenvalue weighted by molar-refractivity contribution is 5.93. The van der Waals surface area contributed by atoms with Gasteiger partial charge in [-0.05, 0) is 18.1 Å². The summed E-state index contributed by atoms with van der Waals surface area (Å²) in [5.74, 6) is -0.339. The second-order valence-corrected chi connectivity index (χ2v) is 7.43. The van der Waals surface area contributed by atoms with E-state index in [0.717, 1.165) is 21.4 Å². The normalized spacial score (nSPS) is 18.4. The summed E-state index contributed by atoms with van der Waals surface area (Å²) in [6, 6.07) is 15.7. The molecule has 0 radical (unpaired) electrons. The van der Waals surface area contributed by atoms with Gasteiger partial charge in [0.1, 0.15) is 5.82 Å². The first-order chi connectivity index (χ1) is 14.3. The lowest BCUT2D eigenvalue weighted by atomic mass is 9.96. The number of carbonyl (C=O) groups is 1. The van der Waals surface area contributed by atoms with Gasteiger partial charge in [0.2, 0.25) is 0 Å². The Morgan fingerprint density at radius 2 is 1.87 bits per heavy atom. The predicted molar refractivity (Wildman–Crippen MR) is 107 cm³/mol. The summed E-state index contributed by atoms with van der Waals surface area (Å²) in [7, 11) is 0. The number of aryl methyl sites for hydroxylation is 1. The lowest BCUT2D eigenvalue weighted by molar-refractivity contribution is -0.173. The van der Waals surface area contributed by atoms with Crippen LogP contribution in [0.1, 0.15) is 45.7 Å². The van der Waals surface area contributed by atoms with Crippen LogP contribution in [0, 0.1) is 6.92 Å². The minimum Gasteiger partial charge on any atom is -0.363 e. The maximum Gasteiger partial charge on any atom is 0.410 e. The number of hydrogen-bond donors (Lipinski definition) is 2. The van der Waals surface area contributed by atoms with E-state index in [1.165, 1.54) is 6.07 Å². The minimum absolute atomic E-state index is 0.0489. The zero-order valence-corrected chi connectivity index (χ0v) is 16.3. The molecule has 156 valence electrons. The second kappa shape index (κ2) is 7.85. The number of aromatic nitrogens is 2. The van der Waals surface area contributed by atoms with E-state index in [2.05, 4.69) is 15.7 Å². The quantitative estimate of drug-likeness (QED) is 0.646. The molecule has 0 unspecified atom stereocenters. The molecule has 0 saturated heterocycles. The smallest absolute Gasteiger partial charge is 0.363 e. The summed E-state index contributed by atoms with van der Waals surface area (Å²) in [4.78, 5) is 12.5. The van der Waals surface area contributed by atoms with Gasteiger partial charge in [-0.2, -0.15) is 18.3 Å². The molecule has 4 rings (SSSR count). The molecule has 0 spiro atoms. The van der Waals surface area contributed by atoms with E-state index < -0.39 is 24.2 Å². The molecule has 8 heteroatoms. The molecule has 0 fully saturated rings. The molecule has 0 aliphatic carbocycles. The number of hydrogen-bond acceptors (Lipinski definition) is 3. The molecular formula is C22H21F3N4O. The van der Waals surface area contributed by atoms with Crippen LogP contribution in [-0.2, 0) is 6.54 Å². The third kappa shape index (κ3) is 4.17. The van der Waals surface area contributed by atoms with Crippen LogP contribution >= 0.6 is 0 Å². The molecule has 2 aromatic carbocycles. The Hall–Kier alpha value is -3.29. The van der Waals surface area contributed by atoms with Crippen molar-refractivity contribution in [1.29, 1.82) is 0 Å². The minimum atomic E-state index is -4.48. The van der Waals surface area contributed by atoms with Gasteiger partial charge in [-0.3, -0.25) is 4.79 Å².